The average molecular weight is 253 g/mol. The second-order valence-electron chi connectivity index (χ2n) is 3.75. The molecule has 98 valence electrons. The summed E-state index contributed by atoms with van der Waals surface area (Å²) in [5.74, 6) is 0.299. The van der Waals surface area contributed by atoms with E-state index >= 15 is 0 Å². The van der Waals surface area contributed by atoms with Gasteiger partial charge >= 0.3 is 5.97 Å². The van der Waals surface area contributed by atoms with Gasteiger partial charge in [-0.1, -0.05) is 0 Å². The first kappa shape index (κ1) is 12.8. The number of aromatic nitrogens is 1. The average Bonchev–Trinajstić information content (AvgIpc) is 2.88. The lowest BCUT2D eigenvalue weighted by molar-refractivity contribution is -0.142. The van der Waals surface area contributed by atoms with Gasteiger partial charge in [0, 0.05) is 6.92 Å². The summed E-state index contributed by atoms with van der Waals surface area (Å²) >= 11 is 0. The molecule has 1 aromatic heterocycles. The quantitative estimate of drug-likeness (QED) is 0.726. The molecule has 0 atom stereocenters. The highest BCUT2D eigenvalue weighted by Gasteiger charge is 2.16. The molecule has 18 heavy (non-hydrogen) atoms. The third kappa shape index (κ3) is 3.97. The monoisotopic (exact) mass is 253 g/mol. The SMILES string of the molecule is CC(=O)OCc1ccc(OCC2OCCO2)cn1. The fourth-order valence-corrected chi connectivity index (χ4v) is 1.42. The van der Waals surface area contributed by atoms with E-state index in [2.05, 4.69) is 4.98 Å². The molecule has 2 rings (SSSR count). The molecule has 0 bridgehead atoms. The van der Waals surface area contributed by atoms with Gasteiger partial charge in [-0.05, 0) is 12.1 Å². The molecule has 2 heterocycles. The Kier molecular flexibility index (Phi) is 4.49. The Morgan fingerprint density at radius 1 is 1.44 bits per heavy atom. The predicted molar refractivity (Wildman–Crippen MR) is 60.9 cm³/mol. The summed E-state index contributed by atoms with van der Waals surface area (Å²) in [6, 6.07) is 3.51. The van der Waals surface area contributed by atoms with Gasteiger partial charge in [0.15, 0.2) is 6.29 Å². The van der Waals surface area contributed by atoms with E-state index in [9.17, 15) is 4.79 Å². The van der Waals surface area contributed by atoms with Crippen LogP contribution in [-0.2, 0) is 25.6 Å². The molecule has 1 fully saturated rings. The van der Waals surface area contributed by atoms with Gasteiger partial charge in [-0.2, -0.15) is 0 Å². The Morgan fingerprint density at radius 3 is 2.83 bits per heavy atom. The number of hydrogen-bond donors (Lipinski definition) is 0. The summed E-state index contributed by atoms with van der Waals surface area (Å²) < 4.78 is 20.8. The van der Waals surface area contributed by atoms with Crippen LogP contribution >= 0.6 is 0 Å². The first-order chi connectivity index (χ1) is 8.74. The lowest BCUT2D eigenvalue weighted by Gasteiger charge is -2.10. The van der Waals surface area contributed by atoms with Gasteiger partial charge in [0.2, 0.25) is 0 Å². The third-order valence-electron chi connectivity index (χ3n) is 2.30. The van der Waals surface area contributed by atoms with Crippen LogP contribution in [0.15, 0.2) is 18.3 Å². The normalized spacial score (nSPS) is 15.6. The number of rotatable bonds is 5. The number of carbonyl (C=O) groups excluding carboxylic acids is 1. The summed E-state index contributed by atoms with van der Waals surface area (Å²) in [5, 5.41) is 0. The van der Waals surface area contributed by atoms with Gasteiger partial charge < -0.3 is 18.9 Å². The van der Waals surface area contributed by atoms with Crippen molar-refractivity contribution in [3.8, 4) is 5.75 Å². The number of pyridine rings is 1. The number of hydrogen-bond acceptors (Lipinski definition) is 6. The van der Waals surface area contributed by atoms with Crippen LogP contribution < -0.4 is 4.74 Å². The highest BCUT2D eigenvalue weighted by Crippen LogP contribution is 2.12. The van der Waals surface area contributed by atoms with Crippen molar-refractivity contribution >= 4 is 5.97 Å². The molecule has 0 aromatic carbocycles. The number of nitrogens with zero attached hydrogens (tertiary/aromatic N) is 1. The molecule has 1 aromatic rings. The van der Waals surface area contributed by atoms with E-state index in [0.29, 0.717) is 31.3 Å². The molecule has 0 N–H and O–H groups in total. The second kappa shape index (κ2) is 6.32. The molecule has 6 nitrogen and oxygen atoms in total. The van der Waals surface area contributed by atoms with Crippen LogP contribution in [0.1, 0.15) is 12.6 Å². The van der Waals surface area contributed by atoms with Crippen molar-refractivity contribution in [3.05, 3.63) is 24.0 Å². The molecular weight excluding hydrogens is 238 g/mol. The Labute approximate surface area is 105 Å². The van der Waals surface area contributed by atoms with E-state index < -0.39 is 0 Å². The molecule has 6 heteroatoms. The van der Waals surface area contributed by atoms with Crippen molar-refractivity contribution in [1.82, 2.24) is 4.98 Å². The maximum atomic E-state index is 10.6. The Hall–Kier alpha value is -1.66. The Bertz CT molecular complexity index is 386. The lowest BCUT2D eigenvalue weighted by Crippen LogP contribution is -2.18. The predicted octanol–water partition coefficient (Wildman–Crippen LogP) is 0.896. The fourth-order valence-electron chi connectivity index (χ4n) is 1.42. The zero-order valence-electron chi connectivity index (χ0n) is 10.1. The van der Waals surface area contributed by atoms with Crippen molar-refractivity contribution in [2.75, 3.05) is 19.8 Å². The first-order valence-electron chi connectivity index (χ1n) is 5.68. The molecule has 0 unspecified atom stereocenters. The number of esters is 1. The minimum atomic E-state index is -0.326. The molecule has 0 spiro atoms. The minimum absolute atomic E-state index is 0.171. The van der Waals surface area contributed by atoms with Crippen LogP contribution in [0.4, 0.5) is 0 Å². The largest absolute Gasteiger partial charge is 0.487 e. The molecular formula is C12H15NO5. The van der Waals surface area contributed by atoms with E-state index in [4.69, 9.17) is 18.9 Å². The van der Waals surface area contributed by atoms with Crippen LogP contribution in [0.5, 0.6) is 5.75 Å². The highest BCUT2D eigenvalue weighted by molar-refractivity contribution is 5.65. The van der Waals surface area contributed by atoms with Crippen LogP contribution in [0, 0.1) is 0 Å². The summed E-state index contributed by atoms with van der Waals surface area (Å²) in [6.07, 6.45) is 1.28. The van der Waals surface area contributed by atoms with E-state index in [1.54, 1.807) is 18.3 Å². The van der Waals surface area contributed by atoms with Gasteiger partial charge in [-0.15, -0.1) is 0 Å². The zero-order chi connectivity index (χ0) is 12.8. The summed E-state index contributed by atoms with van der Waals surface area (Å²) in [5.41, 5.74) is 0.672. The third-order valence-corrected chi connectivity index (χ3v) is 2.30. The van der Waals surface area contributed by atoms with Gasteiger partial charge in [-0.3, -0.25) is 9.78 Å². The lowest BCUT2D eigenvalue weighted by atomic mass is 10.3. The van der Waals surface area contributed by atoms with Gasteiger partial charge in [0.25, 0.3) is 0 Å². The zero-order valence-corrected chi connectivity index (χ0v) is 10.1. The number of ether oxygens (including phenoxy) is 4. The molecule has 0 aliphatic carbocycles. The Morgan fingerprint density at radius 2 is 2.22 bits per heavy atom. The van der Waals surface area contributed by atoms with E-state index in [1.165, 1.54) is 6.92 Å². The minimum Gasteiger partial charge on any atom is -0.487 e. The van der Waals surface area contributed by atoms with Crippen molar-refractivity contribution < 1.29 is 23.7 Å². The number of carbonyl (C=O) groups is 1. The first-order valence-corrected chi connectivity index (χ1v) is 5.68. The molecule has 0 amide bonds. The van der Waals surface area contributed by atoms with Gasteiger partial charge in [0.05, 0.1) is 25.1 Å². The fraction of sp³-hybridized carbons (Fsp3) is 0.500. The summed E-state index contributed by atoms with van der Waals surface area (Å²) in [4.78, 5) is 14.7. The molecule has 1 aliphatic heterocycles. The smallest absolute Gasteiger partial charge is 0.303 e. The summed E-state index contributed by atoms with van der Waals surface area (Å²) in [7, 11) is 0. The van der Waals surface area contributed by atoms with Crippen molar-refractivity contribution in [3.63, 3.8) is 0 Å². The molecule has 1 saturated heterocycles. The van der Waals surface area contributed by atoms with Crippen LogP contribution in [-0.4, -0.2) is 37.1 Å². The molecule has 0 radical (unpaired) electrons. The van der Waals surface area contributed by atoms with Crippen molar-refractivity contribution in [2.45, 2.75) is 19.8 Å². The molecule has 0 saturated carbocycles. The van der Waals surface area contributed by atoms with Crippen LogP contribution in [0.2, 0.25) is 0 Å². The van der Waals surface area contributed by atoms with Crippen LogP contribution in [0.25, 0.3) is 0 Å². The van der Waals surface area contributed by atoms with Gasteiger partial charge in [-0.25, -0.2) is 0 Å². The molecule has 1 aliphatic rings. The summed E-state index contributed by atoms with van der Waals surface area (Å²) in [6.45, 7) is 3.08. The van der Waals surface area contributed by atoms with E-state index in [1.807, 2.05) is 0 Å². The van der Waals surface area contributed by atoms with Crippen LogP contribution in [0.3, 0.4) is 0 Å². The van der Waals surface area contributed by atoms with E-state index in [0.717, 1.165) is 0 Å². The maximum Gasteiger partial charge on any atom is 0.303 e. The standard InChI is InChI=1S/C12H15NO5/c1-9(14)17-7-10-2-3-11(6-13-10)18-8-12-15-4-5-16-12/h2-3,6,12H,4-5,7-8H2,1H3. The van der Waals surface area contributed by atoms with Crippen molar-refractivity contribution in [1.29, 1.82) is 0 Å². The maximum absolute atomic E-state index is 10.6. The van der Waals surface area contributed by atoms with E-state index in [-0.39, 0.29) is 18.9 Å². The highest BCUT2D eigenvalue weighted by atomic mass is 16.7. The van der Waals surface area contributed by atoms with Gasteiger partial charge in [0.1, 0.15) is 19.0 Å². The Balaban J connectivity index is 1.77. The second-order valence-corrected chi connectivity index (χ2v) is 3.75. The van der Waals surface area contributed by atoms with Crippen molar-refractivity contribution in [2.24, 2.45) is 0 Å². The topological polar surface area (TPSA) is 66.9 Å².